The van der Waals surface area contributed by atoms with Gasteiger partial charge in [0.15, 0.2) is 9.84 Å². The highest BCUT2D eigenvalue weighted by Gasteiger charge is 2.16. The van der Waals surface area contributed by atoms with Gasteiger partial charge in [-0.15, -0.1) is 0 Å². The Balaban J connectivity index is 2.79. The zero-order chi connectivity index (χ0) is 14.5. The second-order valence-electron chi connectivity index (χ2n) is 3.84. The minimum absolute atomic E-state index is 0.188. The van der Waals surface area contributed by atoms with Crippen LogP contribution in [0.4, 0.5) is 0 Å². The fourth-order valence-electron chi connectivity index (χ4n) is 1.38. The van der Waals surface area contributed by atoms with Gasteiger partial charge in [0.25, 0.3) is 0 Å². The van der Waals surface area contributed by atoms with Gasteiger partial charge in [0, 0.05) is 5.02 Å². The van der Waals surface area contributed by atoms with Crippen molar-refractivity contribution in [3.63, 3.8) is 0 Å². The van der Waals surface area contributed by atoms with Crippen molar-refractivity contribution in [3.05, 3.63) is 34.3 Å². The smallest absolute Gasteiger partial charge is 0.306 e. The lowest BCUT2D eigenvalue weighted by Gasteiger charge is -2.06. The van der Waals surface area contributed by atoms with Crippen LogP contribution in [0.1, 0.15) is 17.5 Å². The lowest BCUT2D eigenvalue weighted by Crippen LogP contribution is -2.14. The molecule has 0 heterocycles. The third-order valence-electron chi connectivity index (χ3n) is 2.40. The average molecular weight is 302 g/mol. The number of hydrogen-bond acceptors (Lipinski definition) is 5. The molecule has 19 heavy (non-hydrogen) atoms. The maximum absolute atomic E-state index is 11.8. The van der Waals surface area contributed by atoms with Crippen molar-refractivity contribution >= 4 is 27.4 Å². The third-order valence-corrected chi connectivity index (χ3v) is 4.33. The van der Waals surface area contributed by atoms with Crippen molar-refractivity contribution in [1.29, 1.82) is 5.26 Å². The summed E-state index contributed by atoms with van der Waals surface area (Å²) in [6.07, 6.45) is -0.188. The number of rotatable bonds is 5. The van der Waals surface area contributed by atoms with Gasteiger partial charge in [-0.3, -0.25) is 4.79 Å². The minimum Gasteiger partial charge on any atom is -0.469 e. The summed E-state index contributed by atoms with van der Waals surface area (Å²) in [5.74, 6) is -1.14. The Bertz CT molecular complexity index is 619. The first-order valence-corrected chi connectivity index (χ1v) is 7.53. The summed E-state index contributed by atoms with van der Waals surface area (Å²) < 4.78 is 28.0. The highest BCUT2D eigenvalue weighted by atomic mass is 35.5. The standard InChI is InChI=1S/C12H12ClNO4S/c1-18-12(15)4-5-19(16,17)8-10-3-2-9(7-14)6-11(10)13/h2-3,6H,4-5,8H2,1H3. The van der Waals surface area contributed by atoms with Crippen molar-refractivity contribution in [1.82, 2.24) is 0 Å². The van der Waals surface area contributed by atoms with E-state index in [1.807, 2.05) is 6.07 Å². The molecule has 0 bridgehead atoms. The number of nitrogens with zero attached hydrogens (tertiary/aromatic N) is 1. The van der Waals surface area contributed by atoms with E-state index in [0.717, 1.165) is 0 Å². The molecule has 0 atom stereocenters. The minimum atomic E-state index is -3.45. The van der Waals surface area contributed by atoms with Gasteiger partial charge in [-0.05, 0) is 17.7 Å². The fraction of sp³-hybridized carbons (Fsp3) is 0.333. The molecule has 0 saturated carbocycles. The molecule has 0 aliphatic rings. The number of hydrogen-bond donors (Lipinski definition) is 0. The number of halogens is 1. The first-order valence-electron chi connectivity index (χ1n) is 5.33. The van der Waals surface area contributed by atoms with E-state index in [2.05, 4.69) is 4.74 Å². The molecule has 0 fully saturated rings. The SMILES string of the molecule is COC(=O)CCS(=O)(=O)Cc1ccc(C#N)cc1Cl. The molecule has 0 spiro atoms. The molecule has 0 N–H and O–H groups in total. The molecule has 0 aromatic heterocycles. The highest BCUT2D eigenvalue weighted by molar-refractivity contribution is 7.90. The molecule has 0 amide bonds. The topological polar surface area (TPSA) is 84.2 Å². The maximum Gasteiger partial charge on any atom is 0.306 e. The highest BCUT2D eigenvalue weighted by Crippen LogP contribution is 2.20. The van der Waals surface area contributed by atoms with Crippen LogP contribution in [0.2, 0.25) is 5.02 Å². The fourth-order valence-corrected chi connectivity index (χ4v) is 3.06. The second kappa shape index (κ2) is 6.55. The molecule has 1 rings (SSSR count). The molecule has 0 aliphatic heterocycles. The molecule has 0 unspecified atom stereocenters. The van der Waals surface area contributed by atoms with Crippen LogP contribution >= 0.6 is 11.6 Å². The van der Waals surface area contributed by atoms with E-state index in [4.69, 9.17) is 16.9 Å². The summed E-state index contributed by atoms with van der Waals surface area (Å²) in [6.45, 7) is 0. The number of ether oxygens (including phenoxy) is 1. The number of carbonyl (C=O) groups excluding carboxylic acids is 1. The van der Waals surface area contributed by atoms with Gasteiger partial charge < -0.3 is 4.74 Å². The lowest BCUT2D eigenvalue weighted by atomic mass is 10.2. The zero-order valence-electron chi connectivity index (χ0n) is 10.2. The van der Waals surface area contributed by atoms with Crippen LogP contribution in [0.25, 0.3) is 0 Å². The summed E-state index contributed by atoms with van der Waals surface area (Å²) in [7, 11) is -2.25. The van der Waals surface area contributed by atoms with E-state index < -0.39 is 15.8 Å². The molecule has 0 aliphatic carbocycles. The Morgan fingerprint density at radius 3 is 2.68 bits per heavy atom. The van der Waals surface area contributed by atoms with Crippen LogP contribution in [-0.4, -0.2) is 27.2 Å². The number of sulfone groups is 1. The van der Waals surface area contributed by atoms with Gasteiger partial charge in [-0.1, -0.05) is 17.7 Å². The quantitative estimate of drug-likeness (QED) is 0.773. The predicted molar refractivity (Wildman–Crippen MR) is 70.3 cm³/mol. The average Bonchev–Trinajstić information content (AvgIpc) is 2.38. The van der Waals surface area contributed by atoms with Gasteiger partial charge in [0.05, 0.1) is 36.7 Å². The number of esters is 1. The summed E-state index contributed by atoms with van der Waals surface area (Å²) in [5, 5.41) is 8.90. The predicted octanol–water partition coefficient (Wildman–Crippen LogP) is 1.69. The van der Waals surface area contributed by atoms with E-state index in [1.165, 1.54) is 25.3 Å². The number of nitriles is 1. The van der Waals surface area contributed by atoms with Crippen molar-refractivity contribution in [2.75, 3.05) is 12.9 Å². The van der Waals surface area contributed by atoms with E-state index in [0.29, 0.717) is 11.1 Å². The van der Waals surface area contributed by atoms with Crippen molar-refractivity contribution < 1.29 is 17.9 Å². The summed E-state index contributed by atoms with van der Waals surface area (Å²) in [6, 6.07) is 6.31. The molecular weight excluding hydrogens is 290 g/mol. The van der Waals surface area contributed by atoms with Crippen LogP contribution in [0.3, 0.4) is 0 Å². The van der Waals surface area contributed by atoms with Crippen molar-refractivity contribution in [2.45, 2.75) is 12.2 Å². The first kappa shape index (κ1) is 15.5. The zero-order valence-corrected chi connectivity index (χ0v) is 11.8. The Morgan fingerprint density at radius 1 is 1.47 bits per heavy atom. The van der Waals surface area contributed by atoms with Gasteiger partial charge >= 0.3 is 5.97 Å². The van der Waals surface area contributed by atoms with Crippen molar-refractivity contribution in [2.24, 2.45) is 0 Å². The molecule has 1 aromatic rings. The van der Waals surface area contributed by atoms with Crippen LogP contribution in [0, 0.1) is 11.3 Å². The van der Waals surface area contributed by atoms with Crippen LogP contribution in [-0.2, 0) is 25.1 Å². The molecular formula is C12H12ClNO4S. The van der Waals surface area contributed by atoms with Crippen LogP contribution in [0.15, 0.2) is 18.2 Å². The normalized spacial score (nSPS) is 10.8. The first-order chi connectivity index (χ1) is 8.88. The molecule has 5 nitrogen and oxygen atoms in total. The van der Waals surface area contributed by atoms with E-state index in [1.54, 1.807) is 0 Å². The van der Waals surface area contributed by atoms with Gasteiger partial charge in [-0.25, -0.2) is 8.42 Å². The molecule has 1 aromatic carbocycles. The van der Waals surface area contributed by atoms with Crippen LogP contribution in [0.5, 0.6) is 0 Å². The van der Waals surface area contributed by atoms with Crippen molar-refractivity contribution in [3.8, 4) is 6.07 Å². The Labute approximate surface area is 116 Å². The largest absolute Gasteiger partial charge is 0.469 e. The van der Waals surface area contributed by atoms with Crippen LogP contribution < -0.4 is 0 Å². The lowest BCUT2D eigenvalue weighted by molar-refractivity contribution is -0.140. The molecule has 102 valence electrons. The van der Waals surface area contributed by atoms with Gasteiger partial charge in [0.2, 0.25) is 0 Å². The Hall–Kier alpha value is -1.58. The summed E-state index contributed by atoms with van der Waals surface area (Å²) in [5.41, 5.74) is 0.770. The van der Waals surface area contributed by atoms with E-state index in [-0.39, 0.29) is 22.9 Å². The van der Waals surface area contributed by atoms with E-state index in [9.17, 15) is 13.2 Å². The maximum atomic E-state index is 11.8. The second-order valence-corrected chi connectivity index (χ2v) is 6.43. The van der Waals surface area contributed by atoms with Gasteiger partial charge in [0.1, 0.15) is 0 Å². The molecule has 7 heteroatoms. The van der Waals surface area contributed by atoms with Gasteiger partial charge in [-0.2, -0.15) is 5.26 Å². The number of carbonyl (C=O) groups is 1. The van der Waals surface area contributed by atoms with E-state index >= 15 is 0 Å². The number of benzene rings is 1. The Kier molecular flexibility index (Phi) is 5.33. The summed E-state index contributed by atoms with van der Waals surface area (Å²) in [4.78, 5) is 10.9. The molecule has 0 saturated heterocycles. The monoisotopic (exact) mass is 301 g/mol. The summed E-state index contributed by atoms with van der Waals surface area (Å²) >= 11 is 5.90. The third kappa shape index (κ3) is 4.89. The Morgan fingerprint density at radius 2 is 2.16 bits per heavy atom. The molecule has 0 radical (unpaired) electrons. The number of methoxy groups -OCH3 is 1.